The summed E-state index contributed by atoms with van der Waals surface area (Å²) in [7, 11) is 0. The summed E-state index contributed by atoms with van der Waals surface area (Å²) < 4.78 is 0. The average Bonchev–Trinajstić information content (AvgIpc) is 3.02. The van der Waals surface area contributed by atoms with Gasteiger partial charge in [0.05, 0.1) is 0 Å². The molecule has 3 aromatic rings. The molecular formula is C19H15N3O2S. The smallest absolute Gasteiger partial charge is 0.239 e. The maximum Gasteiger partial charge on any atom is 0.239 e. The number of nitrogens with one attached hydrogen (secondary N) is 3. The number of carbonyl (C=O) groups excluding carboxylic acids is 2. The first kappa shape index (κ1) is 15.5. The SMILES string of the molecule is O=C1NC(=S)NC(=O)C1C(c1ccccc1)c1c[nH]c2ccccc12. The standard InChI is InChI=1S/C19H15N3O2S/c23-17-16(18(24)22-19(25)21-17)15(11-6-2-1-3-7-11)13-10-20-14-9-5-4-8-12(13)14/h1-10,15-16,20H,(H2,21,22,23,24,25). The van der Waals surface area contributed by atoms with Crippen molar-refractivity contribution in [1.82, 2.24) is 15.6 Å². The van der Waals surface area contributed by atoms with Crippen molar-refractivity contribution < 1.29 is 9.59 Å². The summed E-state index contributed by atoms with van der Waals surface area (Å²) in [5, 5.41) is 6.18. The van der Waals surface area contributed by atoms with Crippen LogP contribution < -0.4 is 10.6 Å². The monoisotopic (exact) mass is 349 g/mol. The molecule has 124 valence electrons. The fourth-order valence-electron chi connectivity index (χ4n) is 3.40. The molecule has 2 amide bonds. The van der Waals surface area contributed by atoms with E-state index in [1.807, 2.05) is 60.8 Å². The van der Waals surface area contributed by atoms with Crippen LogP contribution in [-0.2, 0) is 9.59 Å². The molecule has 1 unspecified atom stereocenters. The molecule has 0 saturated carbocycles. The van der Waals surface area contributed by atoms with E-state index in [9.17, 15) is 9.59 Å². The molecule has 2 heterocycles. The third kappa shape index (κ3) is 2.70. The molecule has 0 bridgehead atoms. The first-order valence-corrected chi connectivity index (χ1v) is 8.32. The Morgan fingerprint density at radius 2 is 1.52 bits per heavy atom. The Morgan fingerprint density at radius 1 is 0.880 bits per heavy atom. The molecule has 0 radical (unpaired) electrons. The summed E-state index contributed by atoms with van der Waals surface area (Å²) in [6.45, 7) is 0. The number of hydrogen-bond acceptors (Lipinski definition) is 3. The van der Waals surface area contributed by atoms with E-state index < -0.39 is 11.8 Å². The maximum absolute atomic E-state index is 12.6. The summed E-state index contributed by atoms with van der Waals surface area (Å²) in [6, 6.07) is 17.4. The third-order valence-electron chi connectivity index (χ3n) is 4.49. The molecule has 25 heavy (non-hydrogen) atoms. The number of H-pyrrole nitrogens is 1. The van der Waals surface area contributed by atoms with E-state index in [1.54, 1.807) is 0 Å². The second kappa shape index (κ2) is 6.14. The molecule has 1 aromatic heterocycles. The first-order chi connectivity index (χ1) is 12.1. The van der Waals surface area contributed by atoms with E-state index in [0.29, 0.717) is 0 Å². The van der Waals surface area contributed by atoms with Crippen LogP contribution in [-0.4, -0.2) is 21.9 Å². The number of rotatable bonds is 3. The highest BCUT2D eigenvalue weighted by Crippen LogP contribution is 2.37. The lowest BCUT2D eigenvalue weighted by Gasteiger charge is -2.29. The highest BCUT2D eigenvalue weighted by atomic mass is 32.1. The van der Waals surface area contributed by atoms with Gasteiger partial charge in [0, 0.05) is 23.0 Å². The minimum Gasteiger partial charge on any atom is -0.361 e. The quantitative estimate of drug-likeness (QED) is 0.502. The Kier molecular flexibility index (Phi) is 3.82. The Balaban J connectivity index is 1.90. The molecular weight excluding hydrogens is 334 g/mol. The molecule has 3 N–H and O–H groups in total. The first-order valence-electron chi connectivity index (χ1n) is 7.92. The van der Waals surface area contributed by atoms with Gasteiger partial charge in [-0.25, -0.2) is 0 Å². The van der Waals surface area contributed by atoms with Crippen LogP contribution in [0.5, 0.6) is 0 Å². The minimum absolute atomic E-state index is 0.0528. The van der Waals surface area contributed by atoms with Crippen LogP contribution in [0.25, 0.3) is 10.9 Å². The molecule has 5 nitrogen and oxygen atoms in total. The van der Waals surface area contributed by atoms with Crippen molar-refractivity contribution in [3.05, 3.63) is 71.9 Å². The zero-order valence-corrected chi connectivity index (χ0v) is 14.0. The number of aromatic amines is 1. The number of aromatic nitrogens is 1. The molecule has 1 aliphatic rings. The lowest BCUT2D eigenvalue weighted by atomic mass is 9.79. The maximum atomic E-state index is 12.6. The predicted octanol–water partition coefficient (Wildman–Crippen LogP) is 2.45. The summed E-state index contributed by atoms with van der Waals surface area (Å²) >= 11 is 4.92. The van der Waals surface area contributed by atoms with Gasteiger partial charge in [-0.2, -0.15) is 0 Å². The average molecular weight is 349 g/mol. The number of carbonyl (C=O) groups is 2. The van der Waals surface area contributed by atoms with E-state index in [4.69, 9.17) is 12.2 Å². The number of benzene rings is 2. The molecule has 2 aromatic carbocycles. The molecule has 4 rings (SSSR count). The molecule has 6 heteroatoms. The molecule has 1 aliphatic heterocycles. The van der Waals surface area contributed by atoms with E-state index in [2.05, 4.69) is 15.6 Å². The Morgan fingerprint density at radius 3 is 2.24 bits per heavy atom. The van der Waals surface area contributed by atoms with Crippen molar-refractivity contribution in [3.8, 4) is 0 Å². The number of hydrogen-bond donors (Lipinski definition) is 3. The predicted molar refractivity (Wildman–Crippen MR) is 99.0 cm³/mol. The summed E-state index contributed by atoms with van der Waals surface area (Å²) in [5.41, 5.74) is 2.77. The summed E-state index contributed by atoms with van der Waals surface area (Å²) in [5.74, 6) is -2.07. The number of thiocarbonyl (C=S) groups is 1. The molecule has 1 atom stereocenters. The van der Waals surface area contributed by atoms with Crippen molar-refractivity contribution >= 4 is 40.0 Å². The second-order valence-electron chi connectivity index (χ2n) is 5.96. The van der Waals surface area contributed by atoms with Gasteiger partial charge in [-0.1, -0.05) is 48.5 Å². The Hall–Kier alpha value is -2.99. The van der Waals surface area contributed by atoms with Gasteiger partial charge < -0.3 is 15.6 Å². The van der Waals surface area contributed by atoms with Crippen LogP contribution in [0.2, 0.25) is 0 Å². The minimum atomic E-state index is -0.895. The van der Waals surface area contributed by atoms with Crippen LogP contribution in [0, 0.1) is 5.92 Å². The van der Waals surface area contributed by atoms with Crippen molar-refractivity contribution in [3.63, 3.8) is 0 Å². The number of para-hydroxylation sites is 1. The van der Waals surface area contributed by atoms with Crippen LogP contribution in [0.1, 0.15) is 17.0 Å². The van der Waals surface area contributed by atoms with E-state index >= 15 is 0 Å². The van der Waals surface area contributed by atoms with Gasteiger partial charge in [-0.05, 0) is 29.4 Å². The second-order valence-corrected chi connectivity index (χ2v) is 6.37. The van der Waals surface area contributed by atoms with E-state index in [0.717, 1.165) is 22.0 Å². The Bertz CT molecular complexity index is 961. The normalized spacial score (nSPS) is 16.6. The van der Waals surface area contributed by atoms with Gasteiger partial charge in [0.1, 0.15) is 5.92 Å². The zero-order chi connectivity index (χ0) is 17.4. The topological polar surface area (TPSA) is 74.0 Å². The van der Waals surface area contributed by atoms with Gasteiger partial charge in [0.25, 0.3) is 0 Å². The van der Waals surface area contributed by atoms with Crippen LogP contribution >= 0.6 is 12.2 Å². The van der Waals surface area contributed by atoms with Crippen molar-refractivity contribution in [2.75, 3.05) is 0 Å². The fraction of sp³-hybridized carbons (Fsp3) is 0.105. The third-order valence-corrected chi connectivity index (χ3v) is 4.69. The molecule has 0 spiro atoms. The van der Waals surface area contributed by atoms with Gasteiger partial charge in [0.15, 0.2) is 5.11 Å². The molecule has 1 saturated heterocycles. The lowest BCUT2D eigenvalue weighted by molar-refractivity contribution is -0.135. The lowest BCUT2D eigenvalue weighted by Crippen LogP contribution is -2.57. The zero-order valence-electron chi connectivity index (χ0n) is 13.2. The van der Waals surface area contributed by atoms with Gasteiger partial charge in [0.2, 0.25) is 11.8 Å². The van der Waals surface area contributed by atoms with Crippen LogP contribution in [0.3, 0.4) is 0 Å². The number of fused-ring (bicyclic) bond motifs is 1. The highest BCUT2D eigenvalue weighted by molar-refractivity contribution is 7.80. The van der Waals surface area contributed by atoms with E-state index in [1.165, 1.54) is 0 Å². The van der Waals surface area contributed by atoms with Gasteiger partial charge >= 0.3 is 0 Å². The van der Waals surface area contributed by atoms with Crippen molar-refractivity contribution in [2.24, 2.45) is 5.92 Å². The van der Waals surface area contributed by atoms with Gasteiger partial charge in [-0.3, -0.25) is 9.59 Å². The fourth-order valence-corrected chi connectivity index (χ4v) is 3.60. The van der Waals surface area contributed by atoms with Crippen LogP contribution in [0.15, 0.2) is 60.8 Å². The highest BCUT2D eigenvalue weighted by Gasteiger charge is 2.41. The molecule has 1 fully saturated rings. The van der Waals surface area contributed by atoms with Gasteiger partial charge in [-0.15, -0.1) is 0 Å². The van der Waals surface area contributed by atoms with Crippen LogP contribution in [0.4, 0.5) is 0 Å². The van der Waals surface area contributed by atoms with Crippen molar-refractivity contribution in [1.29, 1.82) is 0 Å². The summed E-state index contributed by atoms with van der Waals surface area (Å²) in [4.78, 5) is 28.4. The largest absolute Gasteiger partial charge is 0.361 e. The van der Waals surface area contributed by atoms with E-state index in [-0.39, 0.29) is 16.9 Å². The number of amides is 2. The Labute approximate surface area is 149 Å². The summed E-state index contributed by atoms with van der Waals surface area (Å²) in [6.07, 6.45) is 1.87. The van der Waals surface area contributed by atoms with Crippen molar-refractivity contribution in [2.45, 2.75) is 5.92 Å². The molecule has 0 aliphatic carbocycles.